The average molecular weight is 290 g/mol. The van der Waals surface area contributed by atoms with Gasteiger partial charge in [-0.3, -0.25) is 14.5 Å². The Hall–Kier alpha value is -2.21. The van der Waals surface area contributed by atoms with E-state index in [-0.39, 0.29) is 22.7 Å². The van der Waals surface area contributed by atoms with E-state index in [1.54, 1.807) is 24.3 Å². The van der Waals surface area contributed by atoms with Gasteiger partial charge in [-0.05, 0) is 31.3 Å². The van der Waals surface area contributed by atoms with E-state index in [4.69, 9.17) is 17.0 Å². The summed E-state index contributed by atoms with van der Waals surface area (Å²) in [6, 6.07) is 7.15. The Morgan fingerprint density at radius 1 is 1.45 bits per heavy atom. The minimum atomic E-state index is -0.268. The fraction of sp³-hybridized carbons (Fsp3) is 0.214. The van der Waals surface area contributed by atoms with Crippen molar-refractivity contribution in [1.29, 1.82) is 0 Å². The third kappa shape index (κ3) is 2.85. The molecule has 0 saturated carbocycles. The second-order valence-corrected chi connectivity index (χ2v) is 4.54. The van der Waals surface area contributed by atoms with E-state index in [0.717, 1.165) is 0 Å². The van der Waals surface area contributed by atoms with Gasteiger partial charge >= 0.3 is 0 Å². The maximum absolute atomic E-state index is 12.0. The van der Waals surface area contributed by atoms with E-state index in [0.29, 0.717) is 17.8 Å². The van der Waals surface area contributed by atoms with E-state index < -0.39 is 0 Å². The summed E-state index contributed by atoms with van der Waals surface area (Å²) in [5.74, 6) is -0.287. The maximum Gasteiger partial charge on any atom is 0.297 e. The summed E-state index contributed by atoms with van der Waals surface area (Å²) in [5, 5.41) is 2.86. The SMILES string of the molecule is CCN1C(=O)C(=Cc2ccccc2NC(C)=O)OC1=S. The molecule has 1 heterocycles. The van der Waals surface area contributed by atoms with Gasteiger partial charge in [-0.25, -0.2) is 0 Å². The molecule has 0 aliphatic carbocycles. The third-order valence-corrected chi connectivity index (χ3v) is 3.05. The van der Waals surface area contributed by atoms with Crippen LogP contribution in [0.3, 0.4) is 0 Å². The van der Waals surface area contributed by atoms with Crippen LogP contribution in [0, 0.1) is 0 Å². The molecule has 1 saturated heterocycles. The second-order valence-electron chi connectivity index (χ2n) is 4.19. The minimum Gasteiger partial charge on any atom is -0.426 e. The van der Waals surface area contributed by atoms with Crippen LogP contribution in [0.15, 0.2) is 30.0 Å². The van der Waals surface area contributed by atoms with Gasteiger partial charge in [0.2, 0.25) is 5.91 Å². The van der Waals surface area contributed by atoms with Gasteiger partial charge in [0, 0.05) is 24.7 Å². The number of rotatable bonds is 3. The van der Waals surface area contributed by atoms with Gasteiger partial charge in [0.05, 0.1) is 0 Å². The number of nitrogens with zero attached hydrogens (tertiary/aromatic N) is 1. The first-order chi connectivity index (χ1) is 9.52. The highest BCUT2D eigenvalue weighted by Crippen LogP contribution is 2.23. The van der Waals surface area contributed by atoms with E-state index >= 15 is 0 Å². The number of anilines is 1. The molecular formula is C14H14N2O3S. The molecule has 1 fully saturated rings. The number of nitrogens with one attached hydrogen (secondary N) is 1. The molecule has 1 aliphatic rings. The van der Waals surface area contributed by atoms with Crippen LogP contribution >= 0.6 is 12.2 Å². The van der Waals surface area contributed by atoms with Crippen LogP contribution in [0.25, 0.3) is 6.08 Å². The summed E-state index contributed by atoms with van der Waals surface area (Å²) >= 11 is 4.99. The Morgan fingerprint density at radius 3 is 2.75 bits per heavy atom. The van der Waals surface area contributed by atoms with E-state index in [9.17, 15) is 9.59 Å². The summed E-state index contributed by atoms with van der Waals surface area (Å²) < 4.78 is 5.30. The molecule has 0 aromatic heterocycles. The van der Waals surface area contributed by atoms with Gasteiger partial charge in [-0.15, -0.1) is 0 Å². The lowest BCUT2D eigenvalue weighted by Gasteiger charge is -2.07. The quantitative estimate of drug-likeness (QED) is 0.684. The van der Waals surface area contributed by atoms with Gasteiger partial charge in [-0.1, -0.05) is 18.2 Å². The lowest BCUT2D eigenvalue weighted by Crippen LogP contribution is -2.27. The number of ether oxygens (including phenoxy) is 1. The largest absolute Gasteiger partial charge is 0.426 e. The zero-order valence-electron chi connectivity index (χ0n) is 11.2. The highest BCUT2D eigenvalue weighted by molar-refractivity contribution is 7.80. The molecule has 104 valence electrons. The molecule has 0 bridgehead atoms. The molecule has 2 amide bonds. The van der Waals surface area contributed by atoms with Crippen LogP contribution in [0.5, 0.6) is 0 Å². The molecule has 1 aliphatic heterocycles. The highest BCUT2D eigenvalue weighted by Gasteiger charge is 2.32. The van der Waals surface area contributed by atoms with Crippen LogP contribution in [-0.4, -0.2) is 28.4 Å². The summed E-state index contributed by atoms with van der Waals surface area (Å²) in [7, 11) is 0. The van der Waals surface area contributed by atoms with Crippen molar-refractivity contribution in [3.8, 4) is 0 Å². The Balaban J connectivity index is 2.34. The average Bonchev–Trinajstić information content (AvgIpc) is 2.66. The monoisotopic (exact) mass is 290 g/mol. The zero-order valence-corrected chi connectivity index (χ0v) is 12.0. The van der Waals surface area contributed by atoms with Crippen molar-refractivity contribution in [3.63, 3.8) is 0 Å². The molecule has 1 aromatic carbocycles. The van der Waals surface area contributed by atoms with Crippen molar-refractivity contribution < 1.29 is 14.3 Å². The number of benzene rings is 1. The molecule has 2 rings (SSSR count). The predicted molar refractivity (Wildman–Crippen MR) is 79.8 cm³/mol. The Labute approximate surface area is 122 Å². The Kier molecular flexibility index (Phi) is 4.14. The van der Waals surface area contributed by atoms with Gasteiger partial charge in [0.1, 0.15) is 0 Å². The fourth-order valence-electron chi connectivity index (χ4n) is 1.84. The number of carbonyl (C=O) groups excluding carboxylic acids is 2. The number of hydrogen-bond acceptors (Lipinski definition) is 4. The molecule has 1 aromatic rings. The first kappa shape index (κ1) is 14.2. The van der Waals surface area contributed by atoms with Crippen molar-refractivity contribution in [2.45, 2.75) is 13.8 Å². The van der Waals surface area contributed by atoms with Crippen LogP contribution in [-0.2, 0) is 14.3 Å². The smallest absolute Gasteiger partial charge is 0.297 e. The standard InChI is InChI=1S/C14H14N2O3S/c1-3-16-13(18)12(19-14(16)20)8-10-6-4-5-7-11(10)15-9(2)17/h4-8H,3H2,1-2H3,(H,15,17). The Morgan fingerprint density at radius 2 is 2.15 bits per heavy atom. The molecule has 1 N–H and O–H groups in total. The highest BCUT2D eigenvalue weighted by atomic mass is 32.1. The number of thiocarbonyl (C=S) groups is 1. The van der Waals surface area contributed by atoms with E-state index in [1.807, 2.05) is 13.0 Å². The minimum absolute atomic E-state index is 0.153. The number of para-hydroxylation sites is 1. The first-order valence-corrected chi connectivity index (χ1v) is 6.55. The number of likely N-dealkylation sites (N-methyl/N-ethyl adjacent to an activating group) is 1. The zero-order chi connectivity index (χ0) is 14.7. The van der Waals surface area contributed by atoms with Crippen molar-refractivity contribution in [1.82, 2.24) is 4.90 Å². The molecule has 0 radical (unpaired) electrons. The molecule has 0 spiro atoms. The molecular weight excluding hydrogens is 276 g/mol. The fourth-order valence-corrected chi connectivity index (χ4v) is 2.14. The number of carbonyl (C=O) groups is 2. The van der Waals surface area contributed by atoms with Crippen LogP contribution < -0.4 is 5.32 Å². The van der Waals surface area contributed by atoms with Crippen molar-refractivity contribution in [2.24, 2.45) is 0 Å². The summed E-state index contributed by atoms with van der Waals surface area (Å²) in [5.41, 5.74) is 1.30. The van der Waals surface area contributed by atoms with Gasteiger partial charge in [-0.2, -0.15) is 0 Å². The second kappa shape index (κ2) is 5.83. The lowest BCUT2D eigenvalue weighted by molar-refractivity contribution is -0.122. The van der Waals surface area contributed by atoms with Crippen LogP contribution in [0.2, 0.25) is 0 Å². The number of amides is 2. The topological polar surface area (TPSA) is 58.6 Å². The normalized spacial score (nSPS) is 16.5. The van der Waals surface area contributed by atoms with Crippen LogP contribution in [0.4, 0.5) is 5.69 Å². The molecule has 20 heavy (non-hydrogen) atoms. The predicted octanol–water partition coefficient (Wildman–Crippen LogP) is 2.15. The number of hydrogen-bond donors (Lipinski definition) is 1. The summed E-state index contributed by atoms with van der Waals surface area (Å²) in [4.78, 5) is 24.6. The maximum atomic E-state index is 12.0. The van der Waals surface area contributed by atoms with Crippen molar-refractivity contribution >= 4 is 41.0 Å². The summed E-state index contributed by atoms with van der Waals surface area (Å²) in [6.45, 7) is 3.71. The van der Waals surface area contributed by atoms with Crippen LogP contribution in [0.1, 0.15) is 19.4 Å². The van der Waals surface area contributed by atoms with E-state index in [2.05, 4.69) is 5.32 Å². The molecule has 0 atom stereocenters. The van der Waals surface area contributed by atoms with Crippen molar-refractivity contribution in [2.75, 3.05) is 11.9 Å². The molecule has 6 heteroatoms. The van der Waals surface area contributed by atoms with Crippen molar-refractivity contribution in [3.05, 3.63) is 35.6 Å². The molecule has 0 unspecified atom stereocenters. The molecule has 5 nitrogen and oxygen atoms in total. The van der Waals surface area contributed by atoms with Gasteiger partial charge < -0.3 is 10.1 Å². The van der Waals surface area contributed by atoms with Gasteiger partial charge in [0.25, 0.3) is 11.1 Å². The third-order valence-electron chi connectivity index (χ3n) is 2.75. The summed E-state index contributed by atoms with van der Waals surface area (Å²) in [6.07, 6.45) is 1.58. The lowest BCUT2D eigenvalue weighted by atomic mass is 10.1. The van der Waals surface area contributed by atoms with Gasteiger partial charge in [0.15, 0.2) is 5.76 Å². The first-order valence-electron chi connectivity index (χ1n) is 6.15. The Bertz CT molecular complexity index is 610. The van der Waals surface area contributed by atoms with E-state index in [1.165, 1.54) is 11.8 Å².